The summed E-state index contributed by atoms with van der Waals surface area (Å²) in [4.78, 5) is 14.0. The van der Waals surface area contributed by atoms with Gasteiger partial charge in [-0.2, -0.15) is 0 Å². The Morgan fingerprint density at radius 2 is 2.46 bits per heavy atom. The van der Waals surface area contributed by atoms with Crippen molar-refractivity contribution in [1.29, 1.82) is 0 Å². The lowest BCUT2D eigenvalue weighted by molar-refractivity contribution is -0.128. The number of hydrogen-bond donors (Lipinski definition) is 0. The molecule has 0 aromatic carbocycles. The van der Waals surface area contributed by atoms with Crippen LogP contribution in [0.1, 0.15) is 26.2 Å². The van der Waals surface area contributed by atoms with Gasteiger partial charge < -0.3 is 9.64 Å². The Bertz CT molecular complexity index is 206. The van der Waals surface area contributed by atoms with E-state index in [0.717, 1.165) is 24.4 Å². The number of hydrogen-bond acceptors (Lipinski definition) is 3. The first-order valence-corrected chi connectivity index (χ1v) is 5.07. The van der Waals surface area contributed by atoms with Crippen molar-refractivity contribution in [2.24, 2.45) is 0 Å². The SMILES string of the molecule is CCOCCC(=O)N1CCCC1=S. The van der Waals surface area contributed by atoms with Crippen molar-refractivity contribution in [1.82, 2.24) is 4.90 Å². The molecule has 0 spiro atoms. The van der Waals surface area contributed by atoms with Gasteiger partial charge in [0.25, 0.3) is 0 Å². The van der Waals surface area contributed by atoms with Crippen molar-refractivity contribution >= 4 is 23.1 Å². The van der Waals surface area contributed by atoms with Crippen LogP contribution in [-0.2, 0) is 9.53 Å². The number of carbonyl (C=O) groups is 1. The van der Waals surface area contributed by atoms with Gasteiger partial charge in [0, 0.05) is 19.6 Å². The van der Waals surface area contributed by atoms with Crippen molar-refractivity contribution in [2.75, 3.05) is 19.8 Å². The van der Waals surface area contributed by atoms with Crippen LogP contribution in [0.2, 0.25) is 0 Å². The summed E-state index contributed by atoms with van der Waals surface area (Å²) in [5, 5.41) is 0. The molecule has 4 heteroatoms. The summed E-state index contributed by atoms with van der Waals surface area (Å²) >= 11 is 5.06. The molecule has 1 heterocycles. The van der Waals surface area contributed by atoms with E-state index >= 15 is 0 Å². The van der Waals surface area contributed by atoms with Crippen LogP contribution in [0.3, 0.4) is 0 Å². The van der Waals surface area contributed by atoms with E-state index in [-0.39, 0.29) is 5.91 Å². The molecule has 1 saturated heterocycles. The van der Waals surface area contributed by atoms with Gasteiger partial charge in [-0.1, -0.05) is 12.2 Å². The molecular formula is C9H15NO2S. The van der Waals surface area contributed by atoms with Gasteiger partial charge in [0.1, 0.15) is 0 Å². The van der Waals surface area contributed by atoms with E-state index in [9.17, 15) is 4.79 Å². The number of nitrogens with zero attached hydrogens (tertiary/aromatic N) is 1. The summed E-state index contributed by atoms with van der Waals surface area (Å²) in [6.07, 6.45) is 2.35. The van der Waals surface area contributed by atoms with Crippen LogP contribution in [-0.4, -0.2) is 35.6 Å². The van der Waals surface area contributed by atoms with Crippen LogP contribution < -0.4 is 0 Å². The zero-order chi connectivity index (χ0) is 9.68. The first kappa shape index (κ1) is 10.6. The monoisotopic (exact) mass is 201 g/mol. The molecule has 0 aliphatic carbocycles. The zero-order valence-electron chi connectivity index (χ0n) is 7.91. The minimum atomic E-state index is 0.107. The second-order valence-electron chi connectivity index (χ2n) is 2.99. The Morgan fingerprint density at radius 1 is 1.69 bits per heavy atom. The minimum Gasteiger partial charge on any atom is -0.381 e. The average molecular weight is 201 g/mol. The van der Waals surface area contributed by atoms with E-state index in [4.69, 9.17) is 17.0 Å². The molecule has 0 aromatic heterocycles. The Hall–Kier alpha value is -0.480. The van der Waals surface area contributed by atoms with E-state index in [1.165, 1.54) is 0 Å². The van der Waals surface area contributed by atoms with E-state index in [2.05, 4.69) is 0 Å². The fourth-order valence-electron chi connectivity index (χ4n) is 1.35. The first-order valence-electron chi connectivity index (χ1n) is 4.66. The average Bonchev–Trinajstić information content (AvgIpc) is 2.52. The number of likely N-dealkylation sites (tertiary alicyclic amines) is 1. The van der Waals surface area contributed by atoms with E-state index < -0.39 is 0 Å². The van der Waals surface area contributed by atoms with Crippen molar-refractivity contribution in [3.8, 4) is 0 Å². The summed E-state index contributed by atoms with van der Waals surface area (Å²) in [5.41, 5.74) is 0. The maximum Gasteiger partial charge on any atom is 0.229 e. The maximum atomic E-state index is 11.5. The third-order valence-electron chi connectivity index (χ3n) is 2.04. The van der Waals surface area contributed by atoms with Gasteiger partial charge in [-0.3, -0.25) is 4.79 Å². The van der Waals surface area contributed by atoms with Gasteiger partial charge in [0.15, 0.2) is 0 Å². The van der Waals surface area contributed by atoms with Crippen molar-refractivity contribution in [3.05, 3.63) is 0 Å². The van der Waals surface area contributed by atoms with Crippen LogP contribution in [0.15, 0.2) is 0 Å². The summed E-state index contributed by atoms with van der Waals surface area (Å²) < 4.78 is 5.11. The molecule has 0 N–H and O–H groups in total. The number of ether oxygens (including phenoxy) is 1. The van der Waals surface area contributed by atoms with Crippen LogP contribution in [0.4, 0.5) is 0 Å². The molecule has 0 unspecified atom stereocenters. The Labute approximate surface area is 84.0 Å². The van der Waals surface area contributed by atoms with Gasteiger partial charge >= 0.3 is 0 Å². The van der Waals surface area contributed by atoms with Gasteiger partial charge in [0.2, 0.25) is 5.91 Å². The normalized spacial score (nSPS) is 16.7. The molecule has 0 bridgehead atoms. The van der Waals surface area contributed by atoms with Gasteiger partial charge in [-0.25, -0.2) is 0 Å². The highest BCUT2D eigenvalue weighted by atomic mass is 32.1. The smallest absolute Gasteiger partial charge is 0.229 e. The van der Waals surface area contributed by atoms with E-state index in [0.29, 0.717) is 19.6 Å². The summed E-state index contributed by atoms with van der Waals surface area (Å²) in [5.74, 6) is 0.107. The molecule has 1 amide bonds. The van der Waals surface area contributed by atoms with Gasteiger partial charge in [-0.05, 0) is 13.3 Å². The molecule has 0 aromatic rings. The van der Waals surface area contributed by atoms with Crippen LogP contribution in [0, 0.1) is 0 Å². The summed E-state index contributed by atoms with van der Waals surface area (Å²) in [6.45, 7) is 3.89. The highest BCUT2D eigenvalue weighted by Gasteiger charge is 2.22. The summed E-state index contributed by atoms with van der Waals surface area (Å²) in [6, 6.07) is 0. The molecule has 1 aliphatic rings. The molecule has 74 valence electrons. The number of thiocarbonyl (C=S) groups is 1. The number of carbonyl (C=O) groups excluding carboxylic acids is 1. The zero-order valence-corrected chi connectivity index (χ0v) is 8.73. The molecule has 1 rings (SSSR count). The van der Waals surface area contributed by atoms with Crippen molar-refractivity contribution < 1.29 is 9.53 Å². The highest BCUT2D eigenvalue weighted by molar-refractivity contribution is 7.80. The second-order valence-corrected chi connectivity index (χ2v) is 3.46. The third kappa shape index (κ3) is 3.04. The largest absolute Gasteiger partial charge is 0.381 e. The van der Waals surface area contributed by atoms with E-state index in [1.54, 1.807) is 4.90 Å². The van der Waals surface area contributed by atoms with Crippen LogP contribution >= 0.6 is 12.2 Å². The lowest BCUT2D eigenvalue weighted by atomic mass is 10.4. The molecule has 3 nitrogen and oxygen atoms in total. The lowest BCUT2D eigenvalue weighted by Crippen LogP contribution is -2.31. The molecule has 0 saturated carbocycles. The second kappa shape index (κ2) is 5.29. The lowest BCUT2D eigenvalue weighted by Gasteiger charge is -2.15. The number of rotatable bonds is 4. The fraction of sp³-hybridized carbons (Fsp3) is 0.778. The molecular weight excluding hydrogens is 186 g/mol. The predicted octanol–water partition coefficient (Wildman–Crippen LogP) is 1.36. The molecule has 0 atom stereocenters. The van der Waals surface area contributed by atoms with Crippen molar-refractivity contribution in [2.45, 2.75) is 26.2 Å². The number of amides is 1. The highest BCUT2D eigenvalue weighted by Crippen LogP contribution is 2.12. The molecule has 0 radical (unpaired) electrons. The van der Waals surface area contributed by atoms with Gasteiger partial charge in [-0.15, -0.1) is 0 Å². The fourth-order valence-corrected chi connectivity index (χ4v) is 1.69. The molecule has 1 aliphatic heterocycles. The Balaban J connectivity index is 2.26. The maximum absolute atomic E-state index is 11.5. The van der Waals surface area contributed by atoms with E-state index in [1.807, 2.05) is 6.92 Å². The Morgan fingerprint density at radius 3 is 3.00 bits per heavy atom. The Kier molecular flexibility index (Phi) is 4.32. The molecule has 1 fully saturated rings. The van der Waals surface area contributed by atoms with Gasteiger partial charge in [0.05, 0.1) is 18.0 Å². The van der Waals surface area contributed by atoms with Crippen LogP contribution in [0.5, 0.6) is 0 Å². The van der Waals surface area contributed by atoms with Crippen LogP contribution in [0.25, 0.3) is 0 Å². The third-order valence-corrected chi connectivity index (χ3v) is 2.46. The standard InChI is InChI=1S/C9H15NO2S/c1-2-12-7-5-8(11)10-6-3-4-9(10)13/h2-7H2,1H3. The summed E-state index contributed by atoms with van der Waals surface area (Å²) in [7, 11) is 0. The minimum absolute atomic E-state index is 0.107. The first-order chi connectivity index (χ1) is 6.25. The quantitative estimate of drug-likeness (QED) is 0.508. The topological polar surface area (TPSA) is 29.5 Å². The predicted molar refractivity (Wildman–Crippen MR) is 54.7 cm³/mol. The molecule has 13 heavy (non-hydrogen) atoms. The van der Waals surface area contributed by atoms with Crippen molar-refractivity contribution in [3.63, 3.8) is 0 Å².